The van der Waals surface area contributed by atoms with E-state index in [4.69, 9.17) is 0 Å². The molecule has 0 spiro atoms. The zero-order chi connectivity index (χ0) is 15.2. The number of hydrogen-bond acceptors (Lipinski definition) is 3. The molecule has 5 nitrogen and oxygen atoms in total. The van der Waals surface area contributed by atoms with E-state index in [9.17, 15) is 4.79 Å². The third-order valence-electron chi connectivity index (χ3n) is 4.11. The predicted octanol–water partition coefficient (Wildman–Crippen LogP) is 1.32. The van der Waals surface area contributed by atoms with Crippen LogP contribution in [0.15, 0.2) is 48.8 Å². The highest BCUT2D eigenvalue weighted by Gasteiger charge is 2.27. The number of rotatable bonds is 5. The van der Waals surface area contributed by atoms with Crippen LogP contribution in [0.2, 0.25) is 0 Å². The van der Waals surface area contributed by atoms with Crippen LogP contribution in [0, 0.1) is 0 Å². The van der Waals surface area contributed by atoms with Crippen molar-refractivity contribution in [2.24, 2.45) is 0 Å². The van der Waals surface area contributed by atoms with Gasteiger partial charge in [-0.15, -0.1) is 0 Å². The Balaban J connectivity index is 1.70. The first kappa shape index (κ1) is 14.8. The van der Waals surface area contributed by atoms with Crippen molar-refractivity contribution in [3.63, 3.8) is 0 Å². The van der Waals surface area contributed by atoms with Crippen molar-refractivity contribution < 1.29 is 4.79 Å². The first-order chi connectivity index (χ1) is 10.8. The lowest BCUT2D eigenvalue weighted by atomic mass is 10.0. The molecule has 1 amide bonds. The third kappa shape index (κ3) is 3.74. The number of hydrogen-bond donors (Lipinski definition) is 1. The molecule has 116 valence electrons. The van der Waals surface area contributed by atoms with Gasteiger partial charge in [-0.05, 0) is 24.5 Å². The van der Waals surface area contributed by atoms with Crippen molar-refractivity contribution >= 4 is 5.91 Å². The highest BCUT2D eigenvalue weighted by molar-refractivity contribution is 5.82. The Morgan fingerprint density at radius 2 is 2.05 bits per heavy atom. The molecule has 2 heterocycles. The Morgan fingerprint density at radius 3 is 2.82 bits per heavy atom. The van der Waals surface area contributed by atoms with Crippen molar-refractivity contribution in [3.8, 4) is 0 Å². The third-order valence-corrected chi connectivity index (χ3v) is 4.11. The molecule has 1 unspecified atom stereocenters. The lowest BCUT2D eigenvalue weighted by Gasteiger charge is -2.28. The van der Waals surface area contributed by atoms with E-state index in [0.29, 0.717) is 0 Å². The molecule has 2 aromatic rings. The highest BCUT2D eigenvalue weighted by Crippen LogP contribution is 2.12. The summed E-state index contributed by atoms with van der Waals surface area (Å²) in [5.74, 6) is 0.141. The molecule has 0 aliphatic carbocycles. The molecule has 0 saturated carbocycles. The molecule has 1 aromatic carbocycles. The average Bonchev–Trinajstić information content (AvgIpc) is 3.00. The second kappa shape index (κ2) is 7.22. The van der Waals surface area contributed by atoms with E-state index in [-0.39, 0.29) is 11.9 Å². The van der Waals surface area contributed by atoms with Crippen LogP contribution in [-0.4, -0.2) is 46.3 Å². The van der Waals surface area contributed by atoms with Crippen LogP contribution in [0.25, 0.3) is 0 Å². The van der Waals surface area contributed by atoms with Gasteiger partial charge in [0, 0.05) is 32.0 Å². The molecule has 3 rings (SSSR count). The summed E-state index contributed by atoms with van der Waals surface area (Å²) >= 11 is 0. The standard InChI is InChI=1S/C17H22N4O/c22-17-16(14-15-6-2-1-3-7-15)20(10-4-8-18-17)12-13-21-11-5-9-19-21/h1-3,5-7,9,11,16H,4,8,10,12-14H2,(H,18,22). The molecule has 1 saturated heterocycles. The fourth-order valence-electron chi connectivity index (χ4n) is 2.92. The van der Waals surface area contributed by atoms with Gasteiger partial charge in [-0.2, -0.15) is 5.10 Å². The number of benzene rings is 1. The zero-order valence-corrected chi connectivity index (χ0v) is 12.7. The van der Waals surface area contributed by atoms with Crippen LogP contribution in [0.5, 0.6) is 0 Å². The van der Waals surface area contributed by atoms with Gasteiger partial charge in [-0.25, -0.2) is 0 Å². The van der Waals surface area contributed by atoms with Gasteiger partial charge in [0.2, 0.25) is 5.91 Å². The fourth-order valence-corrected chi connectivity index (χ4v) is 2.92. The van der Waals surface area contributed by atoms with Gasteiger partial charge in [0.25, 0.3) is 0 Å². The van der Waals surface area contributed by atoms with E-state index >= 15 is 0 Å². The summed E-state index contributed by atoms with van der Waals surface area (Å²) in [5, 5.41) is 7.28. The van der Waals surface area contributed by atoms with Crippen LogP contribution < -0.4 is 5.32 Å². The minimum absolute atomic E-state index is 0.0968. The van der Waals surface area contributed by atoms with Gasteiger partial charge in [-0.3, -0.25) is 14.4 Å². The lowest BCUT2D eigenvalue weighted by Crippen LogP contribution is -2.46. The molecule has 1 N–H and O–H groups in total. The second-order valence-electron chi connectivity index (χ2n) is 5.66. The van der Waals surface area contributed by atoms with E-state index in [1.165, 1.54) is 5.56 Å². The Bertz CT molecular complexity index is 582. The first-order valence-corrected chi connectivity index (χ1v) is 7.86. The van der Waals surface area contributed by atoms with Crippen LogP contribution >= 0.6 is 0 Å². The molecule has 1 aliphatic heterocycles. The molecule has 22 heavy (non-hydrogen) atoms. The van der Waals surface area contributed by atoms with E-state index in [2.05, 4.69) is 27.4 Å². The van der Waals surface area contributed by atoms with Crippen molar-refractivity contribution in [3.05, 3.63) is 54.4 Å². The van der Waals surface area contributed by atoms with E-state index in [1.807, 2.05) is 35.1 Å². The van der Waals surface area contributed by atoms with Gasteiger partial charge in [0.15, 0.2) is 0 Å². The number of amides is 1. The van der Waals surface area contributed by atoms with Gasteiger partial charge in [-0.1, -0.05) is 30.3 Å². The molecule has 1 fully saturated rings. The Morgan fingerprint density at radius 1 is 1.18 bits per heavy atom. The molecule has 0 radical (unpaired) electrons. The molecule has 0 bridgehead atoms. The largest absolute Gasteiger partial charge is 0.355 e. The Labute approximate surface area is 130 Å². The van der Waals surface area contributed by atoms with Gasteiger partial charge in [0.1, 0.15) is 0 Å². The summed E-state index contributed by atoms with van der Waals surface area (Å²) in [6.45, 7) is 3.36. The zero-order valence-electron chi connectivity index (χ0n) is 12.7. The van der Waals surface area contributed by atoms with Crippen LogP contribution in [0.3, 0.4) is 0 Å². The summed E-state index contributed by atoms with van der Waals surface area (Å²) in [7, 11) is 0. The molecular weight excluding hydrogens is 276 g/mol. The van der Waals surface area contributed by atoms with Gasteiger partial charge in [0.05, 0.1) is 12.6 Å². The maximum Gasteiger partial charge on any atom is 0.237 e. The molecule has 1 aromatic heterocycles. The lowest BCUT2D eigenvalue weighted by molar-refractivity contribution is -0.125. The monoisotopic (exact) mass is 298 g/mol. The number of nitrogens with zero attached hydrogens (tertiary/aromatic N) is 3. The van der Waals surface area contributed by atoms with Crippen LogP contribution in [0.1, 0.15) is 12.0 Å². The average molecular weight is 298 g/mol. The quantitative estimate of drug-likeness (QED) is 0.905. The van der Waals surface area contributed by atoms with Crippen molar-refractivity contribution in [2.45, 2.75) is 25.4 Å². The minimum atomic E-state index is -0.0968. The molecule has 5 heteroatoms. The minimum Gasteiger partial charge on any atom is -0.355 e. The smallest absolute Gasteiger partial charge is 0.237 e. The van der Waals surface area contributed by atoms with E-state index < -0.39 is 0 Å². The Hall–Kier alpha value is -2.14. The normalized spacial score (nSPS) is 19.6. The Kier molecular flexibility index (Phi) is 4.85. The first-order valence-electron chi connectivity index (χ1n) is 7.86. The van der Waals surface area contributed by atoms with Crippen LogP contribution in [0.4, 0.5) is 0 Å². The molecule has 1 atom stereocenters. The summed E-state index contributed by atoms with van der Waals surface area (Å²) in [6, 6.07) is 12.1. The van der Waals surface area contributed by atoms with E-state index in [1.54, 1.807) is 6.20 Å². The fraction of sp³-hybridized carbons (Fsp3) is 0.412. The van der Waals surface area contributed by atoms with Gasteiger partial charge >= 0.3 is 0 Å². The van der Waals surface area contributed by atoms with Crippen molar-refractivity contribution in [1.82, 2.24) is 20.0 Å². The maximum atomic E-state index is 12.4. The molecule has 1 aliphatic rings. The SMILES string of the molecule is O=C1NCCCN(CCn2cccn2)C1Cc1ccccc1. The van der Waals surface area contributed by atoms with Crippen molar-refractivity contribution in [2.75, 3.05) is 19.6 Å². The summed E-state index contributed by atoms with van der Waals surface area (Å²) < 4.78 is 1.92. The highest BCUT2D eigenvalue weighted by atomic mass is 16.2. The second-order valence-corrected chi connectivity index (χ2v) is 5.66. The summed E-state index contributed by atoms with van der Waals surface area (Å²) in [4.78, 5) is 14.7. The predicted molar refractivity (Wildman–Crippen MR) is 85.4 cm³/mol. The summed E-state index contributed by atoms with van der Waals surface area (Å²) in [6.07, 6.45) is 5.50. The van der Waals surface area contributed by atoms with E-state index in [0.717, 1.165) is 39.0 Å². The maximum absolute atomic E-state index is 12.4. The number of carbonyl (C=O) groups excluding carboxylic acids is 1. The topological polar surface area (TPSA) is 50.2 Å². The summed E-state index contributed by atoms with van der Waals surface area (Å²) in [5.41, 5.74) is 1.20. The van der Waals surface area contributed by atoms with Crippen LogP contribution in [-0.2, 0) is 17.8 Å². The molecular formula is C17H22N4O. The number of carbonyl (C=O) groups is 1. The number of aromatic nitrogens is 2. The van der Waals surface area contributed by atoms with Gasteiger partial charge < -0.3 is 5.32 Å². The van der Waals surface area contributed by atoms with Crippen molar-refractivity contribution in [1.29, 1.82) is 0 Å². The number of nitrogens with one attached hydrogen (secondary N) is 1.